The van der Waals surface area contributed by atoms with Crippen molar-refractivity contribution in [3.8, 4) is 0 Å². The standard InChI is InChI=1S/C16H28N2O3/c1-12-3-7-16(10-17,8-4-12)14(21)18-11-15(5-2-6-15)9-13(19)20/h12H,2-11,17H2,1H3,(H,18,21)(H,19,20). The molecule has 0 radical (unpaired) electrons. The van der Waals surface area contributed by atoms with Gasteiger partial charge in [0.1, 0.15) is 0 Å². The molecule has 0 aromatic rings. The molecule has 2 aliphatic carbocycles. The summed E-state index contributed by atoms with van der Waals surface area (Å²) in [5.74, 6) is -0.0694. The van der Waals surface area contributed by atoms with Crippen LogP contribution >= 0.6 is 0 Å². The number of carboxylic acid groups (broad SMARTS) is 1. The zero-order valence-electron chi connectivity index (χ0n) is 13.0. The van der Waals surface area contributed by atoms with Crippen molar-refractivity contribution in [3.05, 3.63) is 0 Å². The van der Waals surface area contributed by atoms with Gasteiger partial charge in [-0.15, -0.1) is 0 Å². The van der Waals surface area contributed by atoms with E-state index in [1.54, 1.807) is 0 Å². The maximum atomic E-state index is 12.6. The zero-order valence-corrected chi connectivity index (χ0v) is 13.0. The summed E-state index contributed by atoms with van der Waals surface area (Å²) in [7, 11) is 0. The second-order valence-electron chi connectivity index (χ2n) is 7.27. The lowest BCUT2D eigenvalue weighted by molar-refractivity contribution is -0.142. The van der Waals surface area contributed by atoms with E-state index in [9.17, 15) is 9.59 Å². The van der Waals surface area contributed by atoms with Gasteiger partial charge in [0.25, 0.3) is 0 Å². The number of carboxylic acids is 1. The summed E-state index contributed by atoms with van der Waals surface area (Å²) < 4.78 is 0. The van der Waals surface area contributed by atoms with Gasteiger partial charge >= 0.3 is 5.97 Å². The molecule has 0 spiro atoms. The molecule has 0 aromatic carbocycles. The van der Waals surface area contributed by atoms with E-state index < -0.39 is 11.4 Å². The minimum atomic E-state index is -0.774. The normalized spacial score (nSPS) is 31.2. The first-order valence-electron chi connectivity index (χ1n) is 8.12. The van der Waals surface area contributed by atoms with Crippen molar-refractivity contribution in [1.82, 2.24) is 5.32 Å². The maximum absolute atomic E-state index is 12.6. The van der Waals surface area contributed by atoms with Crippen molar-refractivity contribution >= 4 is 11.9 Å². The third kappa shape index (κ3) is 3.57. The lowest BCUT2D eigenvalue weighted by atomic mass is 9.66. The van der Waals surface area contributed by atoms with Gasteiger partial charge in [0.15, 0.2) is 0 Å². The molecule has 5 nitrogen and oxygen atoms in total. The summed E-state index contributed by atoms with van der Waals surface area (Å²) in [6.07, 6.45) is 6.79. The van der Waals surface area contributed by atoms with Gasteiger partial charge in [-0.3, -0.25) is 9.59 Å². The number of hydrogen-bond donors (Lipinski definition) is 3. The molecule has 0 heterocycles. The van der Waals surface area contributed by atoms with Gasteiger partial charge in [0, 0.05) is 13.1 Å². The second-order valence-corrected chi connectivity index (χ2v) is 7.27. The molecule has 5 heteroatoms. The Morgan fingerprint density at radius 2 is 1.86 bits per heavy atom. The van der Waals surface area contributed by atoms with E-state index in [4.69, 9.17) is 10.8 Å². The van der Waals surface area contributed by atoms with Gasteiger partial charge in [-0.05, 0) is 49.9 Å². The van der Waals surface area contributed by atoms with Crippen LogP contribution in [-0.4, -0.2) is 30.1 Å². The molecule has 1 amide bonds. The molecule has 2 saturated carbocycles. The highest BCUT2D eigenvalue weighted by Gasteiger charge is 2.43. The van der Waals surface area contributed by atoms with Gasteiger partial charge in [0.2, 0.25) is 5.91 Å². The quantitative estimate of drug-likeness (QED) is 0.698. The van der Waals surface area contributed by atoms with Gasteiger partial charge in [-0.25, -0.2) is 0 Å². The summed E-state index contributed by atoms with van der Waals surface area (Å²) in [6, 6.07) is 0. The molecule has 2 aliphatic rings. The molecule has 4 N–H and O–H groups in total. The Hall–Kier alpha value is -1.10. The Morgan fingerprint density at radius 1 is 1.24 bits per heavy atom. The van der Waals surface area contributed by atoms with E-state index in [-0.39, 0.29) is 17.7 Å². The van der Waals surface area contributed by atoms with Crippen LogP contribution in [0, 0.1) is 16.7 Å². The Labute approximate surface area is 126 Å². The van der Waals surface area contributed by atoms with Gasteiger partial charge in [-0.1, -0.05) is 13.3 Å². The lowest BCUT2D eigenvalue weighted by Gasteiger charge is -2.43. The van der Waals surface area contributed by atoms with Crippen molar-refractivity contribution in [2.45, 2.75) is 58.3 Å². The second kappa shape index (κ2) is 6.34. The fraction of sp³-hybridized carbons (Fsp3) is 0.875. The van der Waals surface area contributed by atoms with E-state index in [0.29, 0.717) is 19.0 Å². The third-order valence-electron chi connectivity index (χ3n) is 5.67. The fourth-order valence-electron chi connectivity index (χ4n) is 3.71. The van der Waals surface area contributed by atoms with Crippen molar-refractivity contribution in [3.63, 3.8) is 0 Å². The van der Waals surface area contributed by atoms with Crippen LogP contribution in [0.2, 0.25) is 0 Å². The van der Waals surface area contributed by atoms with E-state index in [2.05, 4.69) is 12.2 Å². The molecule has 0 aliphatic heterocycles. The van der Waals surface area contributed by atoms with E-state index in [0.717, 1.165) is 44.9 Å². The van der Waals surface area contributed by atoms with Crippen LogP contribution in [0.1, 0.15) is 58.3 Å². The number of carbonyl (C=O) groups is 2. The van der Waals surface area contributed by atoms with E-state index in [1.165, 1.54) is 0 Å². The molecule has 0 atom stereocenters. The number of rotatable bonds is 6. The molecule has 0 bridgehead atoms. The number of nitrogens with one attached hydrogen (secondary N) is 1. The van der Waals surface area contributed by atoms with E-state index >= 15 is 0 Å². The number of hydrogen-bond acceptors (Lipinski definition) is 3. The Bertz CT molecular complexity index is 396. The summed E-state index contributed by atoms with van der Waals surface area (Å²) in [4.78, 5) is 23.6. The maximum Gasteiger partial charge on any atom is 0.303 e. The topological polar surface area (TPSA) is 92.4 Å². The van der Waals surface area contributed by atoms with Crippen LogP contribution in [0.3, 0.4) is 0 Å². The highest BCUT2D eigenvalue weighted by molar-refractivity contribution is 5.83. The highest BCUT2D eigenvalue weighted by Crippen LogP contribution is 2.44. The minimum Gasteiger partial charge on any atom is -0.481 e. The van der Waals surface area contributed by atoms with Crippen LogP contribution in [0.15, 0.2) is 0 Å². The first kappa shape index (κ1) is 16.3. The van der Waals surface area contributed by atoms with E-state index in [1.807, 2.05) is 0 Å². The van der Waals surface area contributed by atoms with Crippen LogP contribution in [0.25, 0.3) is 0 Å². The van der Waals surface area contributed by atoms with Crippen LogP contribution in [0.4, 0.5) is 0 Å². The van der Waals surface area contributed by atoms with Crippen molar-refractivity contribution in [1.29, 1.82) is 0 Å². The molecule has 0 saturated heterocycles. The number of nitrogens with two attached hydrogens (primary N) is 1. The molecule has 0 aromatic heterocycles. The van der Waals surface area contributed by atoms with Gasteiger partial charge in [-0.2, -0.15) is 0 Å². The Morgan fingerprint density at radius 3 is 2.29 bits per heavy atom. The SMILES string of the molecule is CC1CCC(CN)(C(=O)NCC2(CC(=O)O)CCC2)CC1. The molecule has 120 valence electrons. The average molecular weight is 296 g/mol. The summed E-state index contributed by atoms with van der Waals surface area (Å²) >= 11 is 0. The first-order chi connectivity index (χ1) is 9.91. The molecular formula is C16H28N2O3. The highest BCUT2D eigenvalue weighted by atomic mass is 16.4. The molecule has 0 unspecified atom stereocenters. The molecule has 21 heavy (non-hydrogen) atoms. The van der Waals surface area contributed by atoms with Gasteiger partial charge < -0.3 is 16.2 Å². The smallest absolute Gasteiger partial charge is 0.303 e. The summed E-state index contributed by atoms with van der Waals surface area (Å²) in [5, 5.41) is 12.0. The van der Waals surface area contributed by atoms with Crippen molar-refractivity contribution < 1.29 is 14.7 Å². The van der Waals surface area contributed by atoms with Crippen LogP contribution < -0.4 is 11.1 Å². The third-order valence-corrected chi connectivity index (χ3v) is 5.67. The molecule has 2 rings (SSSR count). The predicted molar refractivity (Wildman–Crippen MR) is 80.7 cm³/mol. The zero-order chi connectivity index (χ0) is 15.5. The van der Waals surface area contributed by atoms with Crippen molar-refractivity contribution in [2.24, 2.45) is 22.5 Å². The van der Waals surface area contributed by atoms with Crippen LogP contribution in [-0.2, 0) is 9.59 Å². The Balaban J connectivity index is 1.92. The number of aliphatic carboxylic acids is 1. The lowest BCUT2D eigenvalue weighted by Crippen LogP contribution is -2.51. The monoisotopic (exact) mass is 296 g/mol. The summed E-state index contributed by atoms with van der Waals surface area (Å²) in [5.41, 5.74) is 5.24. The largest absolute Gasteiger partial charge is 0.481 e. The number of carbonyl (C=O) groups excluding carboxylic acids is 1. The van der Waals surface area contributed by atoms with Crippen LogP contribution in [0.5, 0.6) is 0 Å². The van der Waals surface area contributed by atoms with Gasteiger partial charge in [0.05, 0.1) is 11.8 Å². The minimum absolute atomic E-state index is 0.0357. The first-order valence-corrected chi connectivity index (χ1v) is 8.12. The van der Waals surface area contributed by atoms with Crippen molar-refractivity contribution in [2.75, 3.05) is 13.1 Å². The molecular weight excluding hydrogens is 268 g/mol. The average Bonchev–Trinajstić information content (AvgIpc) is 2.42. The Kier molecular flexibility index (Phi) is 4.91. The predicted octanol–water partition coefficient (Wildman–Crippen LogP) is 1.90. The summed E-state index contributed by atoms with van der Waals surface area (Å²) in [6.45, 7) is 3.08. The fourth-order valence-corrected chi connectivity index (χ4v) is 3.71. The molecule has 2 fully saturated rings. The number of amides is 1.